The van der Waals surface area contributed by atoms with E-state index in [2.05, 4.69) is 4.90 Å². The van der Waals surface area contributed by atoms with Crippen LogP contribution in [0.1, 0.15) is 29.9 Å². The van der Waals surface area contributed by atoms with Gasteiger partial charge in [-0.1, -0.05) is 24.3 Å². The zero-order valence-electron chi connectivity index (χ0n) is 17.7. The van der Waals surface area contributed by atoms with Crippen LogP contribution in [0.2, 0.25) is 0 Å². The van der Waals surface area contributed by atoms with E-state index in [1.165, 1.54) is 12.1 Å². The molecule has 0 aliphatic carbocycles. The van der Waals surface area contributed by atoms with Crippen molar-refractivity contribution in [2.24, 2.45) is 0 Å². The minimum atomic E-state index is -4.33. The second-order valence-electron chi connectivity index (χ2n) is 8.27. The lowest BCUT2D eigenvalue weighted by Crippen LogP contribution is -2.34. The Morgan fingerprint density at radius 1 is 0.758 bits per heavy atom. The Morgan fingerprint density at radius 3 is 1.97 bits per heavy atom. The Labute approximate surface area is 188 Å². The lowest BCUT2D eigenvalue weighted by Gasteiger charge is -2.34. The van der Waals surface area contributed by atoms with E-state index in [0.29, 0.717) is 18.8 Å². The van der Waals surface area contributed by atoms with Crippen LogP contribution in [-0.2, 0) is 6.18 Å². The highest BCUT2D eigenvalue weighted by Gasteiger charge is 2.31. The Hall–Kier alpha value is -3.48. The molecule has 1 saturated heterocycles. The molecule has 7 heteroatoms. The molecule has 168 valence electrons. The predicted octanol–water partition coefficient (Wildman–Crippen LogP) is 6.84. The molecule has 1 fully saturated rings. The number of hydrogen-bond acceptors (Lipinski definition) is 3. The highest BCUT2D eigenvalue weighted by atomic mass is 19.4. The number of benzene rings is 3. The van der Waals surface area contributed by atoms with Crippen molar-refractivity contribution in [2.45, 2.75) is 24.9 Å². The van der Waals surface area contributed by atoms with Crippen molar-refractivity contribution in [3.63, 3.8) is 0 Å². The number of aromatic nitrogens is 2. The Bertz CT molecular complexity index is 1260. The average molecular weight is 451 g/mol. The van der Waals surface area contributed by atoms with Gasteiger partial charge in [0.2, 0.25) is 0 Å². The van der Waals surface area contributed by atoms with Gasteiger partial charge in [-0.3, -0.25) is 0 Å². The fraction of sp³-hybridized carbons (Fsp3) is 0.231. The summed E-state index contributed by atoms with van der Waals surface area (Å²) in [4.78, 5) is 11.9. The third-order valence-electron chi connectivity index (χ3n) is 6.17. The lowest BCUT2D eigenvalue weighted by molar-refractivity contribution is -0.137. The predicted molar refractivity (Wildman–Crippen MR) is 121 cm³/mol. The maximum atomic E-state index is 13.5. The van der Waals surface area contributed by atoms with Crippen molar-refractivity contribution in [3.05, 3.63) is 89.7 Å². The molecule has 1 aliphatic rings. The third-order valence-corrected chi connectivity index (χ3v) is 6.17. The Balaban J connectivity index is 1.42. The van der Waals surface area contributed by atoms with E-state index in [-0.39, 0.29) is 11.7 Å². The zero-order chi connectivity index (χ0) is 23.0. The summed E-state index contributed by atoms with van der Waals surface area (Å²) >= 11 is 0. The van der Waals surface area contributed by atoms with Crippen LogP contribution >= 0.6 is 0 Å². The summed E-state index contributed by atoms with van der Waals surface area (Å²) in [7, 11) is 0. The van der Waals surface area contributed by atoms with E-state index >= 15 is 0 Å². The van der Waals surface area contributed by atoms with Crippen LogP contribution in [0.25, 0.3) is 22.3 Å². The van der Waals surface area contributed by atoms with Crippen LogP contribution < -0.4 is 4.90 Å². The molecular formula is C26H21F4N3. The molecule has 0 unspecified atom stereocenters. The number of nitrogens with zero attached hydrogens (tertiary/aromatic N) is 3. The quantitative estimate of drug-likeness (QED) is 0.320. The van der Waals surface area contributed by atoms with Crippen molar-refractivity contribution >= 4 is 16.9 Å². The summed E-state index contributed by atoms with van der Waals surface area (Å²) in [5.41, 5.74) is 3.32. The van der Waals surface area contributed by atoms with Crippen LogP contribution in [0.5, 0.6) is 0 Å². The summed E-state index contributed by atoms with van der Waals surface area (Å²) < 4.78 is 52.1. The lowest BCUT2D eigenvalue weighted by atomic mass is 9.89. The van der Waals surface area contributed by atoms with Crippen molar-refractivity contribution in [2.75, 3.05) is 18.0 Å². The molecule has 0 bridgehead atoms. The first kappa shape index (κ1) is 21.4. The van der Waals surface area contributed by atoms with Gasteiger partial charge in [0.05, 0.1) is 16.6 Å². The van der Waals surface area contributed by atoms with Crippen molar-refractivity contribution in [1.82, 2.24) is 9.97 Å². The average Bonchev–Trinajstić information content (AvgIpc) is 2.83. The molecule has 5 rings (SSSR count). The molecule has 2 heterocycles. The summed E-state index contributed by atoms with van der Waals surface area (Å²) in [6, 6.07) is 19.3. The summed E-state index contributed by atoms with van der Waals surface area (Å²) in [6.45, 7) is 1.40. The highest BCUT2D eigenvalue weighted by molar-refractivity contribution is 5.83. The zero-order valence-corrected chi connectivity index (χ0v) is 17.7. The highest BCUT2D eigenvalue weighted by Crippen LogP contribution is 2.36. The molecule has 3 aromatic carbocycles. The van der Waals surface area contributed by atoms with Gasteiger partial charge in [0.15, 0.2) is 5.82 Å². The van der Waals surface area contributed by atoms with Crippen LogP contribution in [0.15, 0.2) is 72.8 Å². The summed E-state index contributed by atoms with van der Waals surface area (Å²) in [5.74, 6) is 0.615. The number of fused-ring (bicyclic) bond motifs is 1. The minimum absolute atomic E-state index is 0.186. The number of hydrogen-bond donors (Lipinski definition) is 0. The van der Waals surface area contributed by atoms with Gasteiger partial charge in [-0.15, -0.1) is 0 Å². The number of para-hydroxylation sites is 2. The van der Waals surface area contributed by atoms with Gasteiger partial charge in [-0.25, -0.2) is 14.4 Å². The van der Waals surface area contributed by atoms with E-state index in [9.17, 15) is 17.6 Å². The van der Waals surface area contributed by atoms with Crippen LogP contribution in [-0.4, -0.2) is 23.1 Å². The maximum absolute atomic E-state index is 13.5. The van der Waals surface area contributed by atoms with E-state index in [4.69, 9.17) is 9.97 Å². The Kier molecular flexibility index (Phi) is 5.48. The number of anilines is 1. The molecule has 1 aromatic heterocycles. The summed E-state index contributed by atoms with van der Waals surface area (Å²) in [6.07, 6.45) is -2.74. The third kappa shape index (κ3) is 4.40. The number of halogens is 4. The monoisotopic (exact) mass is 451 g/mol. The van der Waals surface area contributed by atoms with Crippen LogP contribution in [0.3, 0.4) is 0 Å². The second kappa shape index (κ2) is 8.46. The van der Waals surface area contributed by atoms with Gasteiger partial charge >= 0.3 is 6.18 Å². The molecular weight excluding hydrogens is 430 g/mol. The number of piperidine rings is 1. The molecule has 4 aromatic rings. The number of rotatable bonds is 3. The van der Waals surface area contributed by atoms with Gasteiger partial charge in [0, 0.05) is 18.7 Å². The molecule has 33 heavy (non-hydrogen) atoms. The van der Waals surface area contributed by atoms with E-state index in [1.54, 1.807) is 24.3 Å². The van der Waals surface area contributed by atoms with Crippen molar-refractivity contribution in [3.8, 4) is 11.3 Å². The summed E-state index contributed by atoms with van der Waals surface area (Å²) in [5, 5.41) is 0. The van der Waals surface area contributed by atoms with E-state index in [0.717, 1.165) is 53.0 Å². The minimum Gasteiger partial charge on any atom is -0.355 e. The molecule has 0 atom stereocenters. The molecule has 0 spiro atoms. The molecule has 0 N–H and O–H groups in total. The first-order valence-electron chi connectivity index (χ1n) is 10.8. The fourth-order valence-electron chi connectivity index (χ4n) is 4.38. The van der Waals surface area contributed by atoms with Gasteiger partial charge in [-0.2, -0.15) is 13.2 Å². The molecule has 3 nitrogen and oxygen atoms in total. The first-order valence-corrected chi connectivity index (χ1v) is 10.8. The normalized spacial score (nSPS) is 15.2. The van der Waals surface area contributed by atoms with Crippen LogP contribution in [0.4, 0.5) is 23.4 Å². The van der Waals surface area contributed by atoms with Gasteiger partial charge in [0.25, 0.3) is 0 Å². The van der Waals surface area contributed by atoms with E-state index < -0.39 is 11.7 Å². The smallest absolute Gasteiger partial charge is 0.355 e. The van der Waals surface area contributed by atoms with E-state index in [1.807, 2.05) is 24.3 Å². The molecule has 0 amide bonds. The van der Waals surface area contributed by atoms with Crippen LogP contribution in [0, 0.1) is 5.82 Å². The molecule has 0 saturated carbocycles. The Morgan fingerprint density at radius 2 is 1.36 bits per heavy atom. The van der Waals surface area contributed by atoms with Gasteiger partial charge in [-0.05, 0) is 72.9 Å². The van der Waals surface area contributed by atoms with Crippen molar-refractivity contribution in [1.29, 1.82) is 0 Å². The van der Waals surface area contributed by atoms with Gasteiger partial charge in [0.1, 0.15) is 11.5 Å². The largest absolute Gasteiger partial charge is 0.416 e. The second-order valence-corrected chi connectivity index (χ2v) is 8.27. The maximum Gasteiger partial charge on any atom is 0.416 e. The SMILES string of the molecule is Fc1ccc(-c2nc3ccccc3nc2N2CCC(c3ccc(C(F)(F)F)cc3)CC2)cc1. The number of alkyl halides is 3. The van der Waals surface area contributed by atoms with Gasteiger partial charge < -0.3 is 4.90 Å². The topological polar surface area (TPSA) is 29.0 Å². The first-order chi connectivity index (χ1) is 15.9. The van der Waals surface area contributed by atoms with Crippen molar-refractivity contribution < 1.29 is 17.6 Å². The molecule has 0 radical (unpaired) electrons. The fourth-order valence-corrected chi connectivity index (χ4v) is 4.38. The standard InChI is InChI=1S/C26H21F4N3/c27-21-11-7-19(8-12-21)24-25(32-23-4-2-1-3-22(23)31-24)33-15-13-18(14-16-33)17-5-9-20(10-6-17)26(28,29)30/h1-12,18H,13-16H2. The molecule has 1 aliphatic heterocycles.